The molecule has 0 saturated carbocycles. The summed E-state index contributed by atoms with van der Waals surface area (Å²) in [5, 5.41) is 2.99. The van der Waals surface area contributed by atoms with Crippen molar-refractivity contribution >= 4 is 27.5 Å². The lowest BCUT2D eigenvalue weighted by Crippen LogP contribution is -2.55. The Labute approximate surface area is 250 Å². The Kier molecular flexibility index (Phi) is 10.8. The number of hydrogen-bond acceptors (Lipinski definition) is 5. The SMILES string of the molecule is CCOc1ccccc1N(CC(=O)N(Cc1ccccc1C)C(CC)C(=O)NC(C)(C)C)S(=O)(=O)c1ccc(C)cc1. The lowest BCUT2D eigenvalue weighted by Gasteiger charge is -2.35. The molecule has 3 aromatic carbocycles. The Bertz CT molecular complexity index is 1480. The van der Waals surface area contributed by atoms with Crippen molar-refractivity contribution in [2.75, 3.05) is 17.5 Å². The molecule has 0 spiro atoms. The number of sulfonamides is 1. The predicted molar refractivity (Wildman–Crippen MR) is 167 cm³/mol. The zero-order valence-corrected chi connectivity index (χ0v) is 26.5. The first-order valence-electron chi connectivity index (χ1n) is 14.3. The summed E-state index contributed by atoms with van der Waals surface area (Å²) < 4.78 is 35.2. The van der Waals surface area contributed by atoms with Gasteiger partial charge in [-0.05, 0) is 83.4 Å². The average molecular weight is 594 g/mol. The van der Waals surface area contributed by atoms with Crippen molar-refractivity contribution in [1.29, 1.82) is 0 Å². The maximum atomic E-state index is 14.3. The zero-order chi connectivity index (χ0) is 31.1. The van der Waals surface area contributed by atoms with Gasteiger partial charge in [-0.15, -0.1) is 0 Å². The summed E-state index contributed by atoms with van der Waals surface area (Å²) in [7, 11) is -4.20. The third-order valence-corrected chi connectivity index (χ3v) is 8.58. The van der Waals surface area contributed by atoms with Gasteiger partial charge in [-0.1, -0.05) is 61.0 Å². The molecule has 3 rings (SSSR count). The number of hydrogen-bond donors (Lipinski definition) is 1. The maximum Gasteiger partial charge on any atom is 0.264 e. The summed E-state index contributed by atoms with van der Waals surface area (Å²) in [5.74, 6) is -0.461. The van der Waals surface area contributed by atoms with Crippen molar-refractivity contribution < 1.29 is 22.7 Å². The minimum absolute atomic E-state index is 0.0511. The Morgan fingerprint density at radius 2 is 1.52 bits per heavy atom. The first kappa shape index (κ1) is 32.7. The first-order chi connectivity index (χ1) is 19.8. The lowest BCUT2D eigenvalue weighted by atomic mass is 10.0. The summed E-state index contributed by atoms with van der Waals surface area (Å²) >= 11 is 0. The Balaban J connectivity index is 2.13. The second-order valence-electron chi connectivity index (χ2n) is 11.3. The Morgan fingerprint density at radius 3 is 2.12 bits per heavy atom. The van der Waals surface area contributed by atoms with E-state index in [1.165, 1.54) is 17.0 Å². The molecule has 0 radical (unpaired) electrons. The number of benzene rings is 3. The first-order valence-corrected chi connectivity index (χ1v) is 15.7. The Hall–Kier alpha value is -3.85. The minimum Gasteiger partial charge on any atom is -0.492 e. The third kappa shape index (κ3) is 8.12. The van der Waals surface area contributed by atoms with Gasteiger partial charge in [-0.3, -0.25) is 13.9 Å². The number of carbonyl (C=O) groups excluding carboxylic acids is 2. The van der Waals surface area contributed by atoms with Crippen LogP contribution in [0.3, 0.4) is 0 Å². The van der Waals surface area contributed by atoms with E-state index in [4.69, 9.17) is 4.74 Å². The van der Waals surface area contributed by atoms with E-state index in [1.54, 1.807) is 36.4 Å². The fourth-order valence-corrected chi connectivity index (χ4v) is 6.06. The van der Waals surface area contributed by atoms with Gasteiger partial charge in [-0.25, -0.2) is 8.42 Å². The molecule has 0 aliphatic carbocycles. The summed E-state index contributed by atoms with van der Waals surface area (Å²) in [6.45, 7) is 13.1. The number of nitrogens with one attached hydrogen (secondary N) is 1. The molecule has 8 nitrogen and oxygen atoms in total. The van der Waals surface area contributed by atoms with Gasteiger partial charge in [0.25, 0.3) is 10.0 Å². The van der Waals surface area contributed by atoms with Crippen LogP contribution in [0.5, 0.6) is 5.75 Å². The standard InChI is InChI=1S/C33H43N3O5S/c1-8-28(32(38)34-33(5,6)7)35(22-26-15-11-10-14-25(26)4)31(37)23-36(29-16-12-13-17-30(29)41-9-2)42(39,40)27-20-18-24(3)19-21-27/h10-21,28H,8-9,22-23H2,1-7H3,(H,34,38). The number of carbonyl (C=O) groups is 2. The summed E-state index contributed by atoms with van der Waals surface area (Å²) in [6, 6.07) is 20.1. The third-order valence-electron chi connectivity index (χ3n) is 6.81. The molecule has 0 bridgehead atoms. The van der Waals surface area contributed by atoms with Gasteiger partial charge in [0, 0.05) is 12.1 Å². The molecular formula is C33H43N3O5S. The molecule has 2 amide bonds. The van der Waals surface area contributed by atoms with E-state index in [9.17, 15) is 18.0 Å². The van der Waals surface area contributed by atoms with E-state index in [0.29, 0.717) is 18.8 Å². The van der Waals surface area contributed by atoms with Crippen LogP contribution in [0, 0.1) is 13.8 Å². The van der Waals surface area contributed by atoms with Crippen LogP contribution in [-0.2, 0) is 26.2 Å². The molecular weight excluding hydrogens is 550 g/mol. The largest absolute Gasteiger partial charge is 0.492 e. The molecule has 42 heavy (non-hydrogen) atoms. The van der Waals surface area contributed by atoms with Crippen LogP contribution in [0.2, 0.25) is 0 Å². The van der Waals surface area contributed by atoms with E-state index in [2.05, 4.69) is 5.32 Å². The van der Waals surface area contributed by atoms with Crippen LogP contribution < -0.4 is 14.4 Å². The maximum absolute atomic E-state index is 14.3. The van der Waals surface area contributed by atoms with Crippen LogP contribution in [-0.4, -0.2) is 49.9 Å². The summed E-state index contributed by atoms with van der Waals surface area (Å²) in [6.07, 6.45) is 0.347. The summed E-state index contributed by atoms with van der Waals surface area (Å²) in [4.78, 5) is 29.4. The highest BCUT2D eigenvalue weighted by Gasteiger charge is 2.35. The molecule has 1 atom stereocenters. The summed E-state index contributed by atoms with van der Waals surface area (Å²) in [5.41, 5.74) is 2.48. The van der Waals surface area contributed by atoms with Gasteiger partial charge in [0.2, 0.25) is 11.8 Å². The smallest absolute Gasteiger partial charge is 0.264 e. The lowest BCUT2D eigenvalue weighted by molar-refractivity contribution is -0.141. The fraction of sp³-hybridized carbons (Fsp3) is 0.394. The van der Waals surface area contributed by atoms with Gasteiger partial charge < -0.3 is 15.0 Å². The number of rotatable bonds is 12. The number of amides is 2. The highest BCUT2D eigenvalue weighted by molar-refractivity contribution is 7.92. The van der Waals surface area contributed by atoms with E-state index in [-0.39, 0.29) is 23.0 Å². The second kappa shape index (κ2) is 13.9. The van der Waals surface area contributed by atoms with E-state index < -0.39 is 34.1 Å². The van der Waals surface area contributed by atoms with Crippen LogP contribution in [0.4, 0.5) is 5.69 Å². The molecule has 226 valence electrons. The van der Waals surface area contributed by atoms with Crippen LogP contribution in [0.1, 0.15) is 57.7 Å². The molecule has 0 fully saturated rings. The van der Waals surface area contributed by atoms with Gasteiger partial charge >= 0.3 is 0 Å². The van der Waals surface area contributed by atoms with E-state index in [1.807, 2.05) is 72.7 Å². The number of aryl methyl sites for hydroxylation is 2. The van der Waals surface area contributed by atoms with Gasteiger partial charge in [-0.2, -0.15) is 0 Å². The molecule has 0 aromatic heterocycles. The van der Waals surface area contributed by atoms with Gasteiger partial charge in [0.15, 0.2) is 0 Å². The highest BCUT2D eigenvalue weighted by Crippen LogP contribution is 2.33. The minimum atomic E-state index is -4.20. The number of ether oxygens (including phenoxy) is 1. The molecule has 0 aliphatic heterocycles. The van der Waals surface area contributed by atoms with Crippen molar-refractivity contribution in [3.8, 4) is 5.75 Å². The van der Waals surface area contributed by atoms with Crippen LogP contribution in [0.15, 0.2) is 77.7 Å². The van der Waals surface area contributed by atoms with Gasteiger partial charge in [0.1, 0.15) is 18.3 Å². The van der Waals surface area contributed by atoms with Crippen molar-refractivity contribution in [1.82, 2.24) is 10.2 Å². The van der Waals surface area contributed by atoms with Crippen molar-refractivity contribution in [3.05, 3.63) is 89.5 Å². The van der Waals surface area contributed by atoms with Gasteiger partial charge in [0.05, 0.1) is 17.2 Å². The molecule has 1 N–H and O–H groups in total. The molecule has 1 unspecified atom stereocenters. The number of anilines is 1. The normalized spacial score (nSPS) is 12.4. The highest BCUT2D eigenvalue weighted by atomic mass is 32.2. The van der Waals surface area contributed by atoms with E-state index in [0.717, 1.165) is 21.0 Å². The van der Waals surface area contributed by atoms with E-state index >= 15 is 0 Å². The Morgan fingerprint density at radius 1 is 0.905 bits per heavy atom. The molecule has 0 heterocycles. The number of para-hydroxylation sites is 2. The molecule has 3 aromatic rings. The fourth-order valence-electron chi connectivity index (χ4n) is 4.63. The molecule has 9 heteroatoms. The predicted octanol–water partition coefficient (Wildman–Crippen LogP) is 5.62. The molecule has 0 aliphatic rings. The van der Waals surface area contributed by atoms with Crippen molar-refractivity contribution in [3.63, 3.8) is 0 Å². The monoisotopic (exact) mass is 593 g/mol. The second-order valence-corrected chi connectivity index (χ2v) is 13.2. The quantitative estimate of drug-likeness (QED) is 0.294. The topological polar surface area (TPSA) is 96.0 Å². The van der Waals surface area contributed by atoms with Crippen LogP contribution in [0.25, 0.3) is 0 Å². The van der Waals surface area contributed by atoms with Crippen molar-refractivity contribution in [2.45, 2.75) is 77.9 Å². The van der Waals surface area contributed by atoms with Crippen molar-refractivity contribution in [2.24, 2.45) is 0 Å². The average Bonchev–Trinajstić information content (AvgIpc) is 2.92. The number of nitrogens with zero attached hydrogens (tertiary/aromatic N) is 2. The zero-order valence-electron chi connectivity index (χ0n) is 25.7. The van der Waals surface area contributed by atoms with Crippen LogP contribution >= 0.6 is 0 Å². The molecule has 0 saturated heterocycles.